The van der Waals surface area contributed by atoms with Crippen LogP contribution >= 0.6 is 0 Å². The van der Waals surface area contributed by atoms with Crippen LogP contribution in [0.1, 0.15) is 13.3 Å². The number of rotatable bonds is 1. The van der Waals surface area contributed by atoms with E-state index in [1.807, 2.05) is 6.42 Å². The van der Waals surface area contributed by atoms with E-state index >= 15 is 0 Å². The molecule has 1 atom stereocenters. The van der Waals surface area contributed by atoms with Crippen LogP contribution in [0.15, 0.2) is 0 Å². The van der Waals surface area contributed by atoms with Gasteiger partial charge in [0.2, 0.25) is 0 Å². The second-order valence-corrected chi connectivity index (χ2v) is 2.07. The number of ketones is 1. The summed E-state index contributed by atoms with van der Waals surface area (Å²) in [6.07, 6.45) is 3.05. The van der Waals surface area contributed by atoms with E-state index in [1.54, 1.807) is 6.92 Å². The first-order valence-electron chi connectivity index (χ1n) is 2.88. The number of nitrogens with one attached hydrogen (secondary N) is 1. The molecule has 1 N–H and O–H groups in total. The number of Topliss-reactive ketones (excluding diaryl/α,β-unsaturated/α-hetero) is 1. The highest BCUT2D eigenvalue weighted by Crippen LogP contribution is 2.02. The lowest BCUT2D eigenvalue weighted by Gasteiger charge is -2.01. The Morgan fingerprint density at radius 1 is 1.88 bits per heavy atom. The fraction of sp³-hybridized carbons (Fsp3) is 0.667. The van der Waals surface area contributed by atoms with E-state index in [0.717, 1.165) is 13.0 Å². The third-order valence-corrected chi connectivity index (χ3v) is 1.35. The molecule has 0 spiro atoms. The van der Waals surface area contributed by atoms with Gasteiger partial charge in [-0.25, -0.2) is 0 Å². The lowest BCUT2D eigenvalue weighted by molar-refractivity contribution is -0.117. The molecule has 0 saturated carbocycles. The van der Waals surface area contributed by atoms with Gasteiger partial charge < -0.3 is 5.32 Å². The summed E-state index contributed by atoms with van der Waals surface area (Å²) >= 11 is 0. The van der Waals surface area contributed by atoms with Crippen LogP contribution in [0.3, 0.4) is 0 Å². The minimum atomic E-state index is 0.0509. The van der Waals surface area contributed by atoms with E-state index in [0.29, 0.717) is 0 Å². The molecule has 1 radical (unpaired) electrons. The van der Waals surface area contributed by atoms with Crippen LogP contribution in [-0.4, -0.2) is 18.4 Å². The fourth-order valence-electron chi connectivity index (χ4n) is 0.882. The first-order chi connectivity index (χ1) is 3.80. The second-order valence-electron chi connectivity index (χ2n) is 2.07. The quantitative estimate of drug-likeness (QED) is 0.523. The maximum Gasteiger partial charge on any atom is 0.146 e. The Kier molecular flexibility index (Phi) is 1.63. The summed E-state index contributed by atoms with van der Waals surface area (Å²) in [7, 11) is 0. The van der Waals surface area contributed by atoms with Crippen molar-refractivity contribution in [3.8, 4) is 0 Å². The molecule has 1 heterocycles. The van der Waals surface area contributed by atoms with Crippen molar-refractivity contribution in [3.63, 3.8) is 0 Å². The Bertz CT molecular complexity index is 94.7. The van der Waals surface area contributed by atoms with Gasteiger partial charge in [-0.15, -0.1) is 0 Å². The normalized spacial score (nSPS) is 28.4. The molecule has 0 aromatic rings. The van der Waals surface area contributed by atoms with Crippen molar-refractivity contribution in [1.82, 2.24) is 5.32 Å². The molecule has 0 aromatic carbocycles. The van der Waals surface area contributed by atoms with E-state index in [1.165, 1.54) is 0 Å². The van der Waals surface area contributed by atoms with Crippen molar-refractivity contribution in [2.24, 2.45) is 0 Å². The zero-order chi connectivity index (χ0) is 5.98. The van der Waals surface area contributed by atoms with Crippen molar-refractivity contribution in [3.05, 3.63) is 6.42 Å². The maximum atomic E-state index is 10.6. The van der Waals surface area contributed by atoms with Gasteiger partial charge in [-0.3, -0.25) is 4.79 Å². The number of carbonyl (C=O) groups excluding carboxylic acids is 1. The maximum absolute atomic E-state index is 10.6. The summed E-state index contributed by atoms with van der Waals surface area (Å²) in [6, 6.07) is 0.0509. The second kappa shape index (κ2) is 2.27. The molecule has 0 amide bonds. The zero-order valence-corrected chi connectivity index (χ0v) is 4.98. The average molecular weight is 112 g/mol. The molecule has 1 rings (SSSR count). The van der Waals surface area contributed by atoms with Crippen LogP contribution in [0.4, 0.5) is 0 Å². The third kappa shape index (κ3) is 1.07. The predicted octanol–water partition coefficient (Wildman–Crippen LogP) is 0.142. The molecular formula is C6H10NO. The van der Waals surface area contributed by atoms with Crippen molar-refractivity contribution in [2.75, 3.05) is 6.54 Å². The Morgan fingerprint density at radius 2 is 2.62 bits per heavy atom. The van der Waals surface area contributed by atoms with Gasteiger partial charge in [-0.1, -0.05) is 0 Å². The van der Waals surface area contributed by atoms with E-state index in [2.05, 4.69) is 5.32 Å². The van der Waals surface area contributed by atoms with Crippen LogP contribution in [0, 0.1) is 6.42 Å². The Hall–Kier alpha value is -0.370. The van der Waals surface area contributed by atoms with Gasteiger partial charge in [-0.2, -0.15) is 0 Å². The molecule has 0 bridgehead atoms. The number of carbonyl (C=O) groups is 1. The number of hydrogen-bond acceptors (Lipinski definition) is 2. The predicted molar refractivity (Wildman–Crippen MR) is 31.4 cm³/mol. The van der Waals surface area contributed by atoms with Crippen LogP contribution < -0.4 is 5.32 Å². The Morgan fingerprint density at radius 3 is 2.88 bits per heavy atom. The van der Waals surface area contributed by atoms with Crippen molar-refractivity contribution >= 4 is 5.78 Å². The molecule has 45 valence electrons. The van der Waals surface area contributed by atoms with Crippen LogP contribution in [-0.2, 0) is 4.79 Å². The minimum absolute atomic E-state index is 0.0509. The molecule has 0 aliphatic carbocycles. The van der Waals surface area contributed by atoms with E-state index in [-0.39, 0.29) is 11.8 Å². The highest BCUT2D eigenvalue weighted by molar-refractivity contribution is 5.83. The Labute approximate surface area is 49.3 Å². The van der Waals surface area contributed by atoms with Gasteiger partial charge in [0.05, 0.1) is 6.04 Å². The average Bonchev–Trinajstić information content (AvgIpc) is 2.12. The summed E-state index contributed by atoms with van der Waals surface area (Å²) in [4.78, 5) is 10.6. The summed E-state index contributed by atoms with van der Waals surface area (Å²) in [5.74, 6) is 0.225. The lowest BCUT2D eigenvalue weighted by atomic mass is 10.2. The standard InChI is InChI=1S/C6H10NO/c1-5(8)6-3-2-4-7-6/h3,6-7H,2,4H2,1H3. The highest BCUT2D eigenvalue weighted by Gasteiger charge is 2.17. The van der Waals surface area contributed by atoms with Gasteiger partial charge >= 0.3 is 0 Å². The van der Waals surface area contributed by atoms with E-state index < -0.39 is 0 Å². The lowest BCUT2D eigenvalue weighted by Crippen LogP contribution is -2.28. The van der Waals surface area contributed by atoms with Crippen molar-refractivity contribution in [1.29, 1.82) is 0 Å². The van der Waals surface area contributed by atoms with E-state index in [4.69, 9.17) is 0 Å². The van der Waals surface area contributed by atoms with Gasteiger partial charge in [-0.05, 0) is 26.3 Å². The van der Waals surface area contributed by atoms with Crippen molar-refractivity contribution < 1.29 is 4.79 Å². The molecule has 1 unspecified atom stereocenters. The summed E-state index contributed by atoms with van der Waals surface area (Å²) in [5.41, 5.74) is 0. The fourth-order valence-corrected chi connectivity index (χ4v) is 0.882. The molecule has 1 saturated heterocycles. The SMILES string of the molecule is CC(=O)C1[CH]CCN1. The largest absolute Gasteiger partial charge is 0.307 e. The van der Waals surface area contributed by atoms with Gasteiger partial charge in [0.1, 0.15) is 5.78 Å². The molecule has 1 fully saturated rings. The van der Waals surface area contributed by atoms with Crippen LogP contribution in [0.25, 0.3) is 0 Å². The van der Waals surface area contributed by atoms with Crippen molar-refractivity contribution in [2.45, 2.75) is 19.4 Å². The molecular weight excluding hydrogens is 102 g/mol. The molecule has 2 heteroatoms. The molecule has 2 nitrogen and oxygen atoms in total. The Balaban J connectivity index is 2.35. The highest BCUT2D eigenvalue weighted by atomic mass is 16.1. The molecule has 8 heavy (non-hydrogen) atoms. The van der Waals surface area contributed by atoms with Gasteiger partial charge in [0.25, 0.3) is 0 Å². The number of hydrogen-bond donors (Lipinski definition) is 1. The summed E-state index contributed by atoms with van der Waals surface area (Å²) in [5, 5.41) is 3.05. The third-order valence-electron chi connectivity index (χ3n) is 1.35. The smallest absolute Gasteiger partial charge is 0.146 e. The first-order valence-corrected chi connectivity index (χ1v) is 2.88. The summed E-state index contributed by atoms with van der Waals surface area (Å²) < 4.78 is 0. The zero-order valence-electron chi connectivity index (χ0n) is 4.98. The van der Waals surface area contributed by atoms with Gasteiger partial charge in [0.15, 0.2) is 0 Å². The molecule has 0 aromatic heterocycles. The summed E-state index contributed by atoms with van der Waals surface area (Å²) in [6.45, 7) is 2.57. The first kappa shape index (κ1) is 5.76. The van der Waals surface area contributed by atoms with Crippen LogP contribution in [0.5, 0.6) is 0 Å². The minimum Gasteiger partial charge on any atom is -0.307 e. The molecule has 1 aliphatic heterocycles. The monoisotopic (exact) mass is 112 g/mol. The molecule has 1 aliphatic rings. The van der Waals surface area contributed by atoms with Gasteiger partial charge in [0, 0.05) is 0 Å². The van der Waals surface area contributed by atoms with E-state index in [9.17, 15) is 4.79 Å². The van der Waals surface area contributed by atoms with Crippen LogP contribution in [0.2, 0.25) is 0 Å². The topological polar surface area (TPSA) is 29.1 Å².